The van der Waals surface area contributed by atoms with Crippen LogP contribution < -0.4 is 0 Å². The molecule has 5 heteroatoms. The Morgan fingerprint density at radius 3 is 1.98 bits per heavy atom. The van der Waals surface area contributed by atoms with E-state index in [4.69, 9.17) is 14.2 Å². The van der Waals surface area contributed by atoms with Gasteiger partial charge in [-0.2, -0.15) is 0 Å². The summed E-state index contributed by atoms with van der Waals surface area (Å²) in [6.45, 7) is 10.8. The third-order valence-electron chi connectivity index (χ3n) is 7.97. The lowest BCUT2D eigenvalue weighted by Gasteiger charge is -2.32. The normalized spacial score (nSPS) is 15.5. The molecule has 0 spiro atoms. The first-order valence-corrected chi connectivity index (χ1v) is 15.0. The third kappa shape index (κ3) is 7.85. The van der Waals surface area contributed by atoms with Crippen LogP contribution in [0.4, 0.5) is 0 Å². The molecule has 3 aromatic carbocycles. The molecule has 0 heterocycles. The van der Waals surface area contributed by atoms with Crippen LogP contribution in [0.15, 0.2) is 78.9 Å². The van der Waals surface area contributed by atoms with Crippen molar-refractivity contribution in [2.75, 3.05) is 13.2 Å². The van der Waals surface area contributed by atoms with Gasteiger partial charge >= 0.3 is 11.9 Å². The predicted octanol–water partition coefficient (Wildman–Crippen LogP) is 7.61. The van der Waals surface area contributed by atoms with Crippen molar-refractivity contribution in [3.63, 3.8) is 0 Å². The van der Waals surface area contributed by atoms with E-state index < -0.39 is 24.0 Å². The average Bonchev–Trinajstić information content (AvgIpc) is 3.29. The summed E-state index contributed by atoms with van der Waals surface area (Å²) in [5, 5.41) is 0. The first-order chi connectivity index (χ1) is 19.8. The van der Waals surface area contributed by atoms with Gasteiger partial charge in [0.25, 0.3) is 0 Å². The van der Waals surface area contributed by atoms with E-state index in [9.17, 15) is 9.59 Å². The average molecular weight is 557 g/mol. The molecule has 0 aliphatic heterocycles. The van der Waals surface area contributed by atoms with E-state index in [1.807, 2.05) is 49.4 Å². The van der Waals surface area contributed by atoms with Gasteiger partial charge < -0.3 is 14.2 Å². The fraction of sp³-hybridized carbons (Fsp3) is 0.444. The number of rotatable bonds is 14. The minimum absolute atomic E-state index is 0.0110. The van der Waals surface area contributed by atoms with Crippen molar-refractivity contribution < 1.29 is 23.8 Å². The molecule has 0 amide bonds. The monoisotopic (exact) mass is 556 g/mol. The maximum atomic E-state index is 13.1. The topological polar surface area (TPSA) is 61.8 Å². The highest BCUT2D eigenvalue weighted by Gasteiger charge is 2.32. The second kappa shape index (κ2) is 14.5. The Bertz CT molecular complexity index is 1240. The lowest BCUT2D eigenvalue weighted by molar-refractivity contribution is -0.167. The van der Waals surface area contributed by atoms with E-state index >= 15 is 0 Å². The van der Waals surface area contributed by atoms with Crippen LogP contribution in [0.5, 0.6) is 0 Å². The lowest BCUT2D eigenvalue weighted by atomic mass is 9.89. The molecular weight excluding hydrogens is 512 g/mol. The van der Waals surface area contributed by atoms with Crippen LogP contribution in [0.25, 0.3) is 11.1 Å². The Balaban J connectivity index is 1.34. The highest BCUT2D eigenvalue weighted by atomic mass is 16.6. The van der Waals surface area contributed by atoms with E-state index in [0.717, 1.165) is 24.0 Å². The summed E-state index contributed by atoms with van der Waals surface area (Å²) in [5.41, 5.74) is 5.93. The quantitative estimate of drug-likeness (QED) is 0.191. The third-order valence-corrected chi connectivity index (χ3v) is 7.97. The Labute approximate surface area is 245 Å². The van der Waals surface area contributed by atoms with Gasteiger partial charge in [-0.15, -0.1) is 0 Å². The summed E-state index contributed by atoms with van der Waals surface area (Å²) in [6, 6.07) is 26.8. The molecule has 3 aromatic rings. The van der Waals surface area contributed by atoms with Crippen LogP contribution in [-0.4, -0.2) is 37.4 Å². The molecule has 1 aliphatic rings. The molecule has 0 N–H and O–H groups in total. The highest BCUT2D eigenvalue weighted by molar-refractivity contribution is 5.81. The first-order valence-electron chi connectivity index (χ1n) is 15.0. The van der Waals surface area contributed by atoms with Gasteiger partial charge in [0.05, 0.1) is 18.4 Å². The molecule has 0 saturated carbocycles. The molecule has 218 valence electrons. The van der Waals surface area contributed by atoms with Gasteiger partial charge in [-0.1, -0.05) is 113 Å². The maximum absolute atomic E-state index is 13.1. The summed E-state index contributed by atoms with van der Waals surface area (Å²) < 4.78 is 18.0. The Kier molecular flexibility index (Phi) is 10.8. The Hall–Kier alpha value is -3.44. The maximum Gasteiger partial charge on any atom is 0.309 e. The van der Waals surface area contributed by atoms with Crippen LogP contribution >= 0.6 is 0 Å². The number of carbonyl (C=O) groups is 2. The standard InChI is InChI=1S/C36H44O5/c1-6-28(21-27-14-8-7-9-15-27)35(40-22-24(2)3)26(5)41-36(38)25(4)20-34(37)39-23-33-31-18-12-10-16-29(31)30-17-11-13-19-32(30)33/h7-19,24-26,28,33,35H,6,20-23H2,1-5H3/t25-,26+,28-,35+/m1/s1. The number of carbonyl (C=O) groups excluding carboxylic acids is 2. The second-order valence-electron chi connectivity index (χ2n) is 11.7. The molecule has 0 bridgehead atoms. The second-order valence-corrected chi connectivity index (χ2v) is 11.7. The van der Waals surface area contributed by atoms with Crippen LogP contribution in [0.3, 0.4) is 0 Å². The van der Waals surface area contributed by atoms with Crippen molar-refractivity contribution in [1.29, 1.82) is 0 Å². The molecule has 0 saturated heterocycles. The van der Waals surface area contributed by atoms with Crippen LogP contribution in [0.2, 0.25) is 0 Å². The number of hydrogen-bond acceptors (Lipinski definition) is 5. The molecule has 4 atom stereocenters. The molecule has 0 radical (unpaired) electrons. The molecular formula is C36H44O5. The minimum atomic E-state index is -0.618. The molecule has 0 aromatic heterocycles. The fourth-order valence-electron chi connectivity index (χ4n) is 5.74. The molecule has 1 aliphatic carbocycles. The zero-order chi connectivity index (χ0) is 29.4. The summed E-state index contributed by atoms with van der Waals surface area (Å²) in [7, 11) is 0. The van der Waals surface area contributed by atoms with Gasteiger partial charge in [-0.25, -0.2) is 0 Å². The molecule has 0 fully saturated rings. The Morgan fingerprint density at radius 1 is 0.805 bits per heavy atom. The van der Waals surface area contributed by atoms with E-state index in [2.05, 4.69) is 57.2 Å². The molecule has 4 rings (SSSR count). The van der Waals surface area contributed by atoms with Gasteiger partial charge in [-0.05, 0) is 53.0 Å². The van der Waals surface area contributed by atoms with Crippen LogP contribution in [-0.2, 0) is 30.2 Å². The largest absolute Gasteiger partial charge is 0.465 e. The summed E-state index contributed by atoms with van der Waals surface area (Å²) in [4.78, 5) is 25.9. The van der Waals surface area contributed by atoms with Gasteiger partial charge in [0.2, 0.25) is 0 Å². The SMILES string of the molecule is CC[C@H](Cc1ccccc1)[C@@H](OCC(C)C)[C@H](C)OC(=O)[C@H](C)CC(=O)OCC1c2ccccc2-c2ccccc21. The smallest absolute Gasteiger partial charge is 0.309 e. The van der Waals surface area contributed by atoms with Gasteiger partial charge in [-0.3, -0.25) is 9.59 Å². The minimum Gasteiger partial charge on any atom is -0.465 e. The van der Waals surface area contributed by atoms with Gasteiger partial charge in [0, 0.05) is 12.5 Å². The highest BCUT2D eigenvalue weighted by Crippen LogP contribution is 2.44. The first kappa shape index (κ1) is 30.5. The summed E-state index contributed by atoms with van der Waals surface area (Å²) in [5.74, 6) is -0.875. The Morgan fingerprint density at radius 2 is 1.39 bits per heavy atom. The number of fused-ring (bicyclic) bond motifs is 3. The van der Waals surface area contributed by atoms with Gasteiger partial charge in [0.15, 0.2) is 0 Å². The lowest BCUT2D eigenvalue weighted by Crippen LogP contribution is -2.40. The fourth-order valence-corrected chi connectivity index (χ4v) is 5.74. The van der Waals surface area contributed by atoms with E-state index in [0.29, 0.717) is 12.5 Å². The molecule has 41 heavy (non-hydrogen) atoms. The summed E-state index contributed by atoms with van der Waals surface area (Å²) in [6.07, 6.45) is 1.03. The van der Waals surface area contributed by atoms with Crippen molar-refractivity contribution in [1.82, 2.24) is 0 Å². The van der Waals surface area contributed by atoms with Crippen molar-refractivity contribution in [3.05, 3.63) is 95.6 Å². The van der Waals surface area contributed by atoms with Gasteiger partial charge in [0.1, 0.15) is 12.7 Å². The van der Waals surface area contributed by atoms with E-state index in [1.54, 1.807) is 6.92 Å². The summed E-state index contributed by atoms with van der Waals surface area (Å²) >= 11 is 0. The van der Waals surface area contributed by atoms with Crippen molar-refractivity contribution >= 4 is 11.9 Å². The zero-order valence-electron chi connectivity index (χ0n) is 25.0. The van der Waals surface area contributed by atoms with E-state index in [-0.39, 0.29) is 31.0 Å². The number of esters is 2. The zero-order valence-corrected chi connectivity index (χ0v) is 25.0. The van der Waals surface area contributed by atoms with Crippen molar-refractivity contribution in [2.45, 2.75) is 72.0 Å². The number of benzene rings is 3. The number of ether oxygens (including phenoxy) is 3. The van der Waals surface area contributed by atoms with Crippen molar-refractivity contribution in [3.8, 4) is 11.1 Å². The van der Waals surface area contributed by atoms with Crippen molar-refractivity contribution in [2.24, 2.45) is 17.8 Å². The van der Waals surface area contributed by atoms with Crippen LogP contribution in [0, 0.1) is 17.8 Å². The molecule has 0 unspecified atom stereocenters. The predicted molar refractivity (Wildman–Crippen MR) is 163 cm³/mol. The molecule has 5 nitrogen and oxygen atoms in total. The number of hydrogen-bond donors (Lipinski definition) is 0. The van der Waals surface area contributed by atoms with E-state index in [1.165, 1.54) is 16.7 Å². The van der Waals surface area contributed by atoms with Crippen LogP contribution in [0.1, 0.15) is 70.1 Å².